The molecule has 2 aromatic rings. The average molecular weight is 393 g/mol. The Labute approximate surface area is 159 Å². The SMILES string of the molecule is COc1ccc(CN(CCNC(=O)c2cccnc2)S(C)(=O)=O)cc1OC. The molecule has 27 heavy (non-hydrogen) atoms. The van der Waals surface area contributed by atoms with Gasteiger partial charge in [0.1, 0.15) is 0 Å². The molecule has 0 spiro atoms. The van der Waals surface area contributed by atoms with Gasteiger partial charge in [-0.15, -0.1) is 0 Å². The van der Waals surface area contributed by atoms with Crippen LogP contribution in [0.25, 0.3) is 0 Å². The molecule has 146 valence electrons. The van der Waals surface area contributed by atoms with E-state index in [1.807, 2.05) is 0 Å². The van der Waals surface area contributed by atoms with E-state index >= 15 is 0 Å². The Bertz CT molecular complexity index is 872. The molecule has 0 unspecified atom stereocenters. The summed E-state index contributed by atoms with van der Waals surface area (Å²) in [5.74, 6) is 0.784. The number of carbonyl (C=O) groups is 1. The van der Waals surface area contributed by atoms with Crippen molar-refractivity contribution in [3.8, 4) is 11.5 Å². The van der Waals surface area contributed by atoms with Crippen molar-refractivity contribution in [1.29, 1.82) is 0 Å². The highest BCUT2D eigenvalue weighted by atomic mass is 32.2. The van der Waals surface area contributed by atoms with Gasteiger partial charge in [0.05, 0.1) is 26.0 Å². The van der Waals surface area contributed by atoms with Crippen LogP contribution in [0.4, 0.5) is 0 Å². The number of benzene rings is 1. The topological polar surface area (TPSA) is 97.8 Å². The molecule has 1 aromatic carbocycles. The van der Waals surface area contributed by atoms with Crippen LogP contribution in [0.3, 0.4) is 0 Å². The molecule has 0 atom stereocenters. The lowest BCUT2D eigenvalue weighted by Gasteiger charge is -2.21. The van der Waals surface area contributed by atoms with E-state index in [9.17, 15) is 13.2 Å². The van der Waals surface area contributed by atoms with Gasteiger partial charge in [-0.25, -0.2) is 8.42 Å². The number of hydrogen-bond acceptors (Lipinski definition) is 6. The van der Waals surface area contributed by atoms with Crippen molar-refractivity contribution in [3.05, 3.63) is 53.9 Å². The minimum absolute atomic E-state index is 0.138. The zero-order valence-corrected chi connectivity index (χ0v) is 16.3. The molecule has 0 radical (unpaired) electrons. The first-order valence-corrected chi connectivity index (χ1v) is 10.0. The molecule has 0 fully saturated rings. The summed E-state index contributed by atoms with van der Waals surface area (Å²) >= 11 is 0. The molecular weight excluding hydrogens is 370 g/mol. The van der Waals surface area contributed by atoms with Crippen LogP contribution in [0.2, 0.25) is 0 Å². The number of aromatic nitrogens is 1. The molecule has 0 bridgehead atoms. The van der Waals surface area contributed by atoms with Crippen LogP contribution in [0.5, 0.6) is 11.5 Å². The van der Waals surface area contributed by atoms with Crippen molar-refractivity contribution in [2.75, 3.05) is 33.6 Å². The van der Waals surface area contributed by atoms with E-state index < -0.39 is 10.0 Å². The van der Waals surface area contributed by atoms with Crippen molar-refractivity contribution in [2.24, 2.45) is 0 Å². The van der Waals surface area contributed by atoms with Crippen molar-refractivity contribution < 1.29 is 22.7 Å². The molecule has 1 N–H and O–H groups in total. The lowest BCUT2D eigenvalue weighted by atomic mass is 10.2. The highest BCUT2D eigenvalue weighted by molar-refractivity contribution is 7.88. The molecule has 9 heteroatoms. The molecule has 0 saturated carbocycles. The van der Waals surface area contributed by atoms with Gasteiger partial charge < -0.3 is 14.8 Å². The van der Waals surface area contributed by atoms with E-state index in [0.717, 1.165) is 11.8 Å². The van der Waals surface area contributed by atoms with Gasteiger partial charge in [0.25, 0.3) is 5.91 Å². The summed E-state index contributed by atoms with van der Waals surface area (Å²) in [7, 11) is -0.413. The molecular formula is C18H23N3O5S. The number of nitrogens with one attached hydrogen (secondary N) is 1. The highest BCUT2D eigenvalue weighted by Crippen LogP contribution is 2.28. The molecule has 0 aliphatic rings. The number of carbonyl (C=O) groups excluding carboxylic acids is 1. The minimum Gasteiger partial charge on any atom is -0.493 e. The third-order valence-electron chi connectivity index (χ3n) is 3.85. The summed E-state index contributed by atoms with van der Waals surface area (Å²) in [4.78, 5) is 15.9. The number of rotatable bonds is 9. The molecule has 2 rings (SSSR count). The second-order valence-corrected chi connectivity index (χ2v) is 7.77. The number of methoxy groups -OCH3 is 2. The Morgan fingerprint density at radius 1 is 1.19 bits per heavy atom. The van der Waals surface area contributed by atoms with Crippen LogP contribution in [0.1, 0.15) is 15.9 Å². The van der Waals surface area contributed by atoms with Gasteiger partial charge in [-0.3, -0.25) is 9.78 Å². The van der Waals surface area contributed by atoms with E-state index in [-0.39, 0.29) is 25.5 Å². The largest absolute Gasteiger partial charge is 0.493 e. The number of nitrogens with zero attached hydrogens (tertiary/aromatic N) is 2. The standard InChI is InChI=1S/C18H23N3O5S/c1-25-16-7-6-14(11-17(16)26-2)13-21(27(3,23)24)10-9-20-18(22)15-5-4-8-19-12-15/h4-8,11-12H,9-10,13H2,1-3H3,(H,20,22). The van der Waals surface area contributed by atoms with Crippen LogP contribution in [0, 0.1) is 0 Å². The number of pyridine rings is 1. The first-order chi connectivity index (χ1) is 12.8. The van der Waals surface area contributed by atoms with Crippen molar-refractivity contribution in [3.63, 3.8) is 0 Å². The minimum atomic E-state index is -3.46. The number of ether oxygens (including phenoxy) is 2. The van der Waals surface area contributed by atoms with Crippen LogP contribution in [-0.2, 0) is 16.6 Å². The van der Waals surface area contributed by atoms with E-state index in [4.69, 9.17) is 9.47 Å². The van der Waals surface area contributed by atoms with E-state index in [1.165, 1.54) is 24.7 Å². The monoisotopic (exact) mass is 393 g/mol. The second kappa shape index (κ2) is 9.33. The number of hydrogen-bond donors (Lipinski definition) is 1. The summed E-state index contributed by atoms with van der Waals surface area (Å²) in [6, 6.07) is 8.52. The zero-order valence-electron chi connectivity index (χ0n) is 15.5. The van der Waals surface area contributed by atoms with E-state index in [1.54, 1.807) is 36.5 Å². The zero-order chi connectivity index (χ0) is 19.9. The highest BCUT2D eigenvalue weighted by Gasteiger charge is 2.18. The van der Waals surface area contributed by atoms with Gasteiger partial charge in [0, 0.05) is 32.0 Å². The van der Waals surface area contributed by atoms with Crippen LogP contribution in [0.15, 0.2) is 42.7 Å². The molecule has 1 heterocycles. The van der Waals surface area contributed by atoms with E-state index in [0.29, 0.717) is 17.1 Å². The average Bonchev–Trinajstić information content (AvgIpc) is 2.66. The molecule has 1 aromatic heterocycles. The third kappa shape index (κ3) is 5.93. The maximum Gasteiger partial charge on any atom is 0.252 e. The van der Waals surface area contributed by atoms with Gasteiger partial charge in [0.15, 0.2) is 11.5 Å². The quantitative estimate of drug-likeness (QED) is 0.689. The lowest BCUT2D eigenvalue weighted by molar-refractivity contribution is 0.0951. The molecule has 8 nitrogen and oxygen atoms in total. The smallest absolute Gasteiger partial charge is 0.252 e. The van der Waals surface area contributed by atoms with Gasteiger partial charge in [-0.1, -0.05) is 6.07 Å². The van der Waals surface area contributed by atoms with Gasteiger partial charge in [0.2, 0.25) is 10.0 Å². The van der Waals surface area contributed by atoms with Crippen LogP contribution in [-0.4, -0.2) is 57.2 Å². The maximum atomic E-state index is 12.1. The molecule has 0 aliphatic heterocycles. The summed E-state index contributed by atoms with van der Waals surface area (Å²) in [6.07, 6.45) is 4.16. The van der Waals surface area contributed by atoms with Gasteiger partial charge in [-0.2, -0.15) is 4.31 Å². The fraction of sp³-hybridized carbons (Fsp3) is 0.333. The molecule has 0 saturated heterocycles. The Kier molecular flexibility index (Phi) is 7.14. The first kappa shape index (κ1) is 20.7. The lowest BCUT2D eigenvalue weighted by Crippen LogP contribution is -2.37. The second-order valence-electron chi connectivity index (χ2n) is 5.78. The molecule has 1 amide bonds. The predicted octanol–water partition coefficient (Wildman–Crippen LogP) is 1.29. The Balaban J connectivity index is 2.03. The summed E-state index contributed by atoms with van der Waals surface area (Å²) in [5, 5.41) is 2.70. The summed E-state index contributed by atoms with van der Waals surface area (Å²) < 4.78 is 35.9. The van der Waals surface area contributed by atoms with Crippen LogP contribution < -0.4 is 14.8 Å². The van der Waals surface area contributed by atoms with Gasteiger partial charge in [-0.05, 0) is 29.8 Å². The van der Waals surface area contributed by atoms with Crippen molar-refractivity contribution in [2.45, 2.75) is 6.54 Å². The van der Waals surface area contributed by atoms with Crippen molar-refractivity contribution >= 4 is 15.9 Å². The number of sulfonamides is 1. The summed E-state index contributed by atoms with van der Waals surface area (Å²) in [5.41, 5.74) is 1.17. The predicted molar refractivity (Wildman–Crippen MR) is 101 cm³/mol. The summed E-state index contributed by atoms with van der Waals surface area (Å²) in [6.45, 7) is 0.467. The fourth-order valence-electron chi connectivity index (χ4n) is 2.44. The van der Waals surface area contributed by atoms with Crippen molar-refractivity contribution in [1.82, 2.24) is 14.6 Å². The Morgan fingerprint density at radius 2 is 1.93 bits per heavy atom. The first-order valence-electron chi connectivity index (χ1n) is 8.19. The Morgan fingerprint density at radius 3 is 2.52 bits per heavy atom. The van der Waals surface area contributed by atoms with Crippen LogP contribution >= 0.6 is 0 Å². The van der Waals surface area contributed by atoms with Gasteiger partial charge >= 0.3 is 0 Å². The third-order valence-corrected chi connectivity index (χ3v) is 5.10. The Hall–Kier alpha value is -2.65. The van der Waals surface area contributed by atoms with E-state index in [2.05, 4.69) is 10.3 Å². The molecule has 0 aliphatic carbocycles. The normalized spacial score (nSPS) is 11.3. The fourth-order valence-corrected chi connectivity index (χ4v) is 3.24. The maximum absolute atomic E-state index is 12.1. The number of amides is 1.